The monoisotopic (exact) mass is 583 g/mol. The highest BCUT2D eigenvalue weighted by molar-refractivity contribution is 5.90. The summed E-state index contributed by atoms with van der Waals surface area (Å²) in [6.45, 7) is 2.61. The van der Waals surface area contributed by atoms with Gasteiger partial charge in [-0.3, -0.25) is 24.0 Å². The van der Waals surface area contributed by atoms with Crippen molar-refractivity contribution in [2.24, 2.45) is 17.4 Å². The predicted octanol–water partition coefficient (Wildman–Crippen LogP) is -3.00. The van der Waals surface area contributed by atoms with Gasteiger partial charge in [-0.1, -0.05) is 44.2 Å². The fourth-order valence-electron chi connectivity index (χ4n) is 3.88. The first-order valence-corrected chi connectivity index (χ1v) is 13.0. The van der Waals surface area contributed by atoms with Crippen LogP contribution in [-0.4, -0.2) is 98.2 Å². The lowest BCUT2D eigenvalue weighted by Crippen LogP contribution is -2.60. The molecule has 0 saturated carbocycles. The predicted molar refractivity (Wildman–Crippen MR) is 144 cm³/mol. The van der Waals surface area contributed by atoms with Crippen molar-refractivity contribution >= 4 is 29.6 Å². The maximum atomic E-state index is 13.0. The number of aliphatic hydroxyl groups is 4. The van der Waals surface area contributed by atoms with Crippen molar-refractivity contribution in [3.63, 3.8) is 0 Å². The molecule has 0 radical (unpaired) electrons. The lowest BCUT2D eigenvalue weighted by Gasteiger charge is -2.31. The summed E-state index contributed by atoms with van der Waals surface area (Å²) in [5.41, 5.74) is 11.2. The van der Waals surface area contributed by atoms with Gasteiger partial charge in [-0.15, -0.1) is 0 Å². The SMILES string of the molecule is CC(C)C[C@H](NC(=O)[C@@H](N)CCC(N)=O)C(=O)N[C@@H](CO)[C@@H](O)[C@@H](O)[C@H](O)C(=O)N[C@@H](CC(=O)O)c1ccccc1. The number of aliphatic carboxylic acids is 1. The van der Waals surface area contributed by atoms with Gasteiger partial charge in [0.05, 0.1) is 31.2 Å². The van der Waals surface area contributed by atoms with Gasteiger partial charge in [0.25, 0.3) is 5.91 Å². The largest absolute Gasteiger partial charge is 0.481 e. The number of aliphatic hydroxyl groups excluding tert-OH is 4. The van der Waals surface area contributed by atoms with Crippen LogP contribution in [0.4, 0.5) is 0 Å². The van der Waals surface area contributed by atoms with Gasteiger partial charge in [0.2, 0.25) is 17.7 Å². The summed E-state index contributed by atoms with van der Waals surface area (Å²) in [6.07, 6.45) is -7.17. The molecule has 12 N–H and O–H groups in total. The minimum atomic E-state index is -2.27. The third kappa shape index (κ3) is 12.2. The van der Waals surface area contributed by atoms with Crippen molar-refractivity contribution in [1.29, 1.82) is 0 Å². The van der Waals surface area contributed by atoms with Crippen molar-refractivity contribution in [3.8, 4) is 0 Å². The van der Waals surface area contributed by atoms with Crippen LogP contribution in [0.25, 0.3) is 0 Å². The van der Waals surface area contributed by atoms with E-state index in [2.05, 4.69) is 16.0 Å². The summed E-state index contributed by atoms with van der Waals surface area (Å²) in [5.74, 6) is -4.81. The van der Waals surface area contributed by atoms with E-state index in [1.54, 1.807) is 44.2 Å². The molecule has 0 spiro atoms. The van der Waals surface area contributed by atoms with E-state index in [4.69, 9.17) is 11.5 Å². The van der Waals surface area contributed by atoms with Crippen LogP contribution < -0.4 is 27.4 Å². The van der Waals surface area contributed by atoms with E-state index in [0.29, 0.717) is 5.56 Å². The lowest BCUT2D eigenvalue weighted by molar-refractivity contribution is -0.145. The number of primary amides is 1. The van der Waals surface area contributed by atoms with Crippen molar-refractivity contribution < 1.29 is 49.5 Å². The molecule has 0 bridgehead atoms. The van der Waals surface area contributed by atoms with Gasteiger partial charge < -0.3 is 53.0 Å². The Labute approximate surface area is 237 Å². The molecule has 15 nitrogen and oxygen atoms in total. The highest BCUT2D eigenvalue weighted by Crippen LogP contribution is 2.18. The number of hydrogen-bond acceptors (Lipinski definition) is 10. The molecule has 0 fully saturated rings. The quantitative estimate of drug-likeness (QED) is 0.0831. The van der Waals surface area contributed by atoms with Gasteiger partial charge >= 0.3 is 5.97 Å². The van der Waals surface area contributed by atoms with Crippen LogP contribution in [0.15, 0.2) is 30.3 Å². The topological polar surface area (TPSA) is 275 Å². The van der Waals surface area contributed by atoms with Gasteiger partial charge in [-0.05, 0) is 24.3 Å². The van der Waals surface area contributed by atoms with Crippen LogP contribution in [-0.2, 0) is 24.0 Å². The first-order valence-electron chi connectivity index (χ1n) is 13.0. The Morgan fingerprint density at radius 2 is 1.49 bits per heavy atom. The van der Waals surface area contributed by atoms with Crippen LogP contribution in [0, 0.1) is 5.92 Å². The van der Waals surface area contributed by atoms with E-state index in [1.165, 1.54) is 0 Å². The van der Waals surface area contributed by atoms with Gasteiger partial charge in [0, 0.05) is 6.42 Å². The zero-order chi connectivity index (χ0) is 31.3. The number of hydrogen-bond donors (Lipinski definition) is 10. The second-order valence-electron chi connectivity index (χ2n) is 10.1. The number of carbonyl (C=O) groups is 5. The van der Waals surface area contributed by atoms with Crippen molar-refractivity contribution in [2.45, 2.75) is 82.0 Å². The fourth-order valence-corrected chi connectivity index (χ4v) is 3.88. The molecular formula is C26H41N5O10. The molecule has 0 aliphatic carbocycles. The van der Waals surface area contributed by atoms with Gasteiger partial charge in [-0.25, -0.2) is 0 Å². The molecule has 230 valence electrons. The van der Waals surface area contributed by atoms with E-state index in [0.717, 1.165) is 0 Å². The summed E-state index contributed by atoms with van der Waals surface area (Å²) < 4.78 is 0. The molecule has 4 amide bonds. The Morgan fingerprint density at radius 3 is 2.00 bits per heavy atom. The summed E-state index contributed by atoms with van der Waals surface area (Å²) in [5, 5.41) is 57.5. The standard InChI is InChI=1S/C26H41N5O10/c1-13(2)10-17(30-24(39)15(27)8-9-19(28)33)25(40)31-18(12-32)21(36)22(37)23(38)26(41)29-16(11-20(34)35)14-6-4-3-5-7-14/h3-7,13,15-18,21-23,32,36-38H,8-12,27H2,1-2H3,(H2,28,33)(H,29,41)(H,30,39)(H,31,40)(H,34,35)/t15-,16-,17-,18-,21+,22+,23-/m0/s1. The Kier molecular flexibility index (Phi) is 14.9. The Balaban J connectivity index is 2.93. The zero-order valence-electron chi connectivity index (χ0n) is 23.0. The maximum absolute atomic E-state index is 13.0. The van der Waals surface area contributed by atoms with Crippen LogP contribution >= 0.6 is 0 Å². The molecule has 0 aliphatic heterocycles. The number of benzene rings is 1. The van der Waals surface area contributed by atoms with Gasteiger partial charge in [-0.2, -0.15) is 0 Å². The second kappa shape index (κ2) is 17.2. The van der Waals surface area contributed by atoms with E-state index in [9.17, 15) is 49.5 Å². The lowest BCUT2D eigenvalue weighted by atomic mass is 9.98. The molecule has 0 aromatic heterocycles. The fraction of sp³-hybridized carbons (Fsp3) is 0.577. The van der Waals surface area contributed by atoms with E-state index >= 15 is 0 Å². The number of amides is 4. The zero-order valence-corrected chi connectivity index (χ0v) is 23.0. The van der Waals surface area contributed by atoms with E-state index < -0.39 is 85.1 Å². The maximum Gasteiger partial charge on any atom is 0.305 e. The molecule has 1 rings (SSSR count). The van der Waals surface area contributed by atoms with Crippen LogP contribution in [0.5, 0.6) is 0 Å². The molecule has 0 heterocycles. The number of rotatable bonds is 18. The summed E-state index contributed by atoms with van der Waals surface area (Å²) in [6, 6.07) is 3.04. The second-order valence-corrected chi connectivity index (χ2v) is 10.1. The Bertz CT molecular complexity index is 1030. The first kappa shape index (κ1) is 35.4. The minimum Gasteiger partial charge on any atom is -0.481 e. The molecule has 0 saturated heterocycles. The van der Waals surface area contributed by atoms with Crippen LogP contribution in [0.1, 0.15) is 51.1 Å². The van der Waals surface area contributed by atoms with Crippen molar-refractivity contribution in [1.82, 2.24) is 16.0 Å². The van der Waals surface area contributed by atoms with Crippen molar-refractivity contribution in [3.05, 3.63) is 35.9 Å². The highest BCUT2D eigenvalue weighted by Gasteiger charge is 2.37. The van der Waals surface area contributed by atoms with Gasteiger partial charge in [0.1, 0.15) is 18.2 Å². The van der Waals surface area contributed by atoms with Crippen molar-refractivity contribution in [2.75, 3.05) is 6.61 Å². The first-order chi connectivity index (χ1) is 19.2. The minimum absolute atomic E-state index is 0.0566. The number of carboxylic acid groups (broad SMARTS) is 1. The average Bonchev–Trinajstić information content (AvgIpc) is 2.92. The molecule has 41 heavy (non-hydrogen) atoms. The molecule has 0 unspecified atom stereocenters. The number of carbonyl (C=O) groups excluding carboxylic acids is 4. The van der Waals surface area contributed by atoms with E-state index in [1.807, 2.05) is 0 Å². The normalized spacial score (nSPS) is 16.4. The number of carboxylic acids is 1. The summed E-state index contributed by atoms with van der Waals surface area (Å²) >= 11 is 0. The Morgan fingerprint density at radius 1 is 0.878 bits per heavy atom. The summed E-state index contributed by atoms with van der Waals surface area (Å²) in [4.78, 5) is 60.3. The molecule has 7 atom stereocenters. The molecule has 15 heteroatoms. The van der Waals surface area contributed by atoms with Crippen LogP contribution in [0.2, 0.25) is 0 Å². The summed E-state index contributed by atoms with van der Waals surface area (Å²) in [7, 11) is 0. The van der Waals surface area contributed by atoms with Gasteiger partial charge in [0.15, 0.2) is 6.10 Å². The molecular weight excluding hydrogens is 542 g/mol. The third-order valence-electron chi connectivity index (χ3n) is 6.15. The number of nitrogens with one attached hydrogen (secondary N) is 3. The Hall–Kier alpha value is -3.63. The molecule has 1 aromatic carbocycles. The molecule has 0 aliphatic rings. The molecule has 1 aromatic rings. The number of nitrogens with two attached hydrogens (primary N) is 2. The smallest absolute Gasteiger partial charge is 0.305 e. The van der Waals surface area contributed by atoms with E-state index in [-0.39, 0.29) is 25.2 Å². The highest BCUT2D eigenvalue weighted by atomic mass is 16.4. The van der Waals surface area contributed by atoms with Crippen LogP contribution in [0.3, 0.4) is 0 Å². The third-order valence-corrected chi connectivity index (χ3v) is 6.15. The average molecular weight is 584 g/mol.